The molecule has 0 spiro atoms. The molecule has 0 radical (unpaired) electrons. The number of aliphatic hydroxyl groups excluding tert-OH is 1. The van der Waals surface area contributed by atoms with Crippen LogP contribution in [-0.2, 0) is 13.6 Å². The van der Waals surface area contributed by atoms with Crippen molar-refractivity contribution >= 4 is 0 Å². The van der Waals surface area contributed by atoms with Gasteiger partial charge in [-0.1, -0.05) is 12.8 Å². The summed E-state index contributed by atoms with van der Waals surface area (Å²) in [5.74, 6) is 0. The number of aryl methyl sites for hydroxylation is 2. The zero-order chi connectivity index (χ0) is 12.4. The van der Waals surface area contributed by atoms with Crippen molar-refractivity contribution in [3.05, 3.63) is 17.0 Å². The zero-order valence-corrected chi connectivity index (χ0v) is 11.0. The monoisotopic (exact) mass is 237 g/mol. The van der Waals surface area contributed by atoms with E-state index in [4.69, 9.17) is 0 Å². The molecular formula is C13H23N3O. The van der Waals surface area contributed by atoms with E-state index in [2.05, 4.69) is 17.3 Å². The fourth-order valence-corrected chi connectivity index (χ4v) is 2.66. The van der Waals surface area contributed by atoms with Crippen LogP contribution < -0.4 is 5.32 Å². The molecule has 0 amide bonds. The van der Waals surface area contributed by atoms with E-state index in [0.29, 0.717) is 0 Å². The van der Waals surface area contributed by atoms with Crippen molar-refractivity contribution in [3.8, 4) is 0 Å². The normalized spacial score (nSPS) is 25.2. The second-order valence-electron chi connectivity index (χ2n) is 5.11. The van der Waals surface area contributed by atoms with Crippen LogP contribution >= 0.6 is 0 Å². The maximum atomic E-state index is 9.91. The van der Waals surface area contributed by atoms with Gasteiger partial charge in [0, 0.05) is 30.9 Å². The Morgan fingerprint density at radius 3 is 2.65 bits per heavy atom. The molecule has 0 bridgehead atoms. The largest absolute Gasteiger partial charge is 0.392 e. The predicted octanol–water partition coefficient (Wildman–Crippen LogP) is 1.43. The van der Waals surface area contributed by atoms with E-state index in [1.54, 1.807) is 0 Å². The van der Waals surface area contributed by atoms with E-state index in [1.165, 1.54) is 17.7 Å². The third kappa shape index (κ3) is 2.69. The van der Waals surface area contributed by atoms with Crippen molar-refractivity contribution in [1.82, 2.24) is 15.1 Å². The lowest BCUT2D eigenvalue weighted by atomic mass is 9.92. The highest BCUT2D eigenvalue weighted by molar-refractivity contribution is 5.24. The van der Waals surface area contributed by atoms with Gasteiger partial charge < -0.3 is 10.4 Å². The van der Waals surface area contributed by atoms with Crippen molar-refractivity contribution in [3.63, 3.8) is 0 Å². The van der Waals surface area contributed by atoms with E-state index in [1.807, 2.05) is 18.7 Å². The summed E-state index contributed by atoms with van der Waals surface area (Å²) in [5, 5.41) is 17.8. The average molecular weight is 237 g/mol. The number of hydrogen-bond donors (Lipinski definition) is 2. The van der Waals surface area contributed by atoms with Crippen LogP contribution in [0.15, 0.2) is 0 Å². The van der Waals surface area contributed by atoms with Gasteiger partial charge in [-0.2, -0.15) is 5.10 Å². The Labute approximate surface area is 103 Å². The quantitative estimate of drug-likeness (QED) is 0.836. The third-order valence-corrected chi connectivity index (χ3v) is 3.93. The molecule has 1 saturated carbocycles. The number of nitrogens with zero attached hydrogens (tertiary/aromatic N) is 2. The van der Waals surface area contributed by atoms with E-state index in [-0.39, 0.29) is 12.1 Å². The van der Waals surface area contributed by atoms with Gasteiger partial charge in [-0.15, -0.1) is 0 Å². The van der Waals surface area contributed by atoms with Crippen molar-refractivity contribution in [2.45, 2.75) is 58.2 Å². The molecule has 2 rings (SSSR count). The predicted molar refractivity (Wildman–Crippen MR) is 67.8 cm³/mol. The molecule has 17 heavy (non-hydrogen) atoms. The number of nitrogens with one attached hydrogen (secondary N) is 1. The smallest absolute Gasteiger partial charge is 0.0693 e. The number of aromatic nitrogens is 2. The van der Waals surface area contributed by atoms with E-state index in [0.717, 1.165) is 31.5 Å². The topological polar surface area (TPSA) is 50.1 Å². The van der Waals surface area contributed by atoms with Crippen LogP contribution in [0.3, 0.4) is 0 Å². The molecular weight excluding hydrogens is 214 g/mol. The molecule has 4 heteroatoms. The molecule has 96 valence electrons. The van der Waals surface area contributed by atoms with Gasteiger partial charge in [0.2, 0.25) is 0 Å². The molecule has 1 heterocycles. The fraction of sp³-hybridized carbons (Fsp3) is 0.769. The molecule has 4 nitrogen and oxygen atoms in total. The minimum atomic E-state index is -0.180. The summed E-state index contributed by atoms with van der Waals surface area (Å²) in [4.78, 5) is 0. The van der Waals surface area contributed by atoms with E-state index >= 15 is 0 Å². The molecule has 0 saturated heterocycles. The van der Waals surface area contributed by atoms with Gasteiger partial charge in [-0.25, -0.2) is 0 Å². The standard InChI is InChI=1S/C13H23N3O/c1-9-11(10(2)16(3)15-9)8-14-12-6-4-5-7-13(12)17/h12-14,17H,4-8H2,1-3H3. The third-order valence-electron chi connectivity index (χ3n) is 3.93. The van der Waals surface area contributed by atoms with Gasteiger partial charge >= 0.3 is 0 Å². The van der Waals surface area contributed by atoms with Crippen LogP contribution in [0.2, 0.25) is 0 Å². The molecule has 2 atom stereocenters. The van der Waals surface area contributed by atoms with Gasteiger partial charge in [0.1, 0.15) is 0 Å². The highest BCUT2D eigenvalue weighted by atomic mass is 16.3. The molecule has 1 aliphatic rings. The minimum absolute atomic E-state index is 0.180. The van der Waals surface area contributed by atoms with Gasteiger partial charge in [0.15, 0.2) is 0 Å². The van der Waals surface area contributed by atoms with E-state index < -0.39 is 0 Å². The minimum Gasteiger partial charge on any atom is -0.392 e. The second-order valence-corrected chi connectivity index (χ2v) is 5.11. The first-order valence-electron chi connectivity index (χ1n) is 6.50. The van der Waals surface area contributed by atoms with Gasteiger partial charge in [-0.3, -0.25) is 4.68 Å². The van der Waals surface area contributed by atoms with Gasteiger partial charge in [0.25, 0.3) is 0 Å². The number of aliphatic hydroxyl groups is 1. The van der Waals surface area contributed by atoms with Crippen LogP contribution in [0.4, 0.5) is 0 Å². The second kappa shape index (κ2) is 5.19. The maximum absolute atomic E-state index is 9.91. The molecule has 0 aliphatic heterocycles. The Bertz CT molecular complexity index is 386. The molecule has 1 aromatic heterocycles. The van der Waals surface area contributed by atoms with Gasteiger partial charge in [0.05, 0.1) is 11.8 Å². The molecule has 2 unspecified atom stereocenters. The SMILES string of the molecule is Cc1nn(C)c(C)c1CNC1CCCCC1O. The summed E-state index contributed by atoms with van der Waals surface area (Å²) < 4.78 is 1.92. The van der Waals surface area contributed by atoms with Crippen LogP contribution in [0.5, 0.6) is 0 Å². The van der Waals surface area contributed by atoms with E-state index in [9.17, 15) is 5.11 Å². The van der Waals surface area contributed by atoms with Gasteiger partial charge in [-0.05, 0) is 26.7 Å². The lowest BCUT2D eigenvalue weighted by molar-refractivity contribution is 0.0902. The fourth-order valence-electron chi connectivity index (χ4n) is 2.66. The molecule has 2 N–H and O–H groups in total. The van der Waals surface area contributed by atoms with Crippen LogP contribution in [0.1, 0.15) is 42.6 Å². The molecule has 1 aliphatic carbocycles. The lowest BCUT2D eigenvalue weighted by Crippen LogP contribution is -2.41. The van der Waals surface area contributed by atoms with Crippen molar-refractivity contribution in [2.24, 2.45) is 7.05 Å². The first-order chi connectivity index (χ1) is 8.09. The van der Waals surface area contributed by atoms with Crippen LogP contribution in [0, 0.1) is 13.8 Å². The molecule has 1 aromatic rings. The van der Waals surface area contributed by atoms with Crippen molar-refractivity contribution in [1.29, 1.82) is 0 Å². The highest BCUT2D eigenvalue weighted by Gasteiger charge is 2.23. The first-order valence-corrected chi connectivity index (χ1v) is 6.50. The molecule has 0 aromatic carbocycles. The van der Waals surface area contributed by atoms with Crippen molar-refractivity contribution < 1.29 is 5.11 Å². The summed E-state index contributed by atoms with van der Waals surface area (Å²) in [6, 6.07) is 0.253. The average Bonchev–Trinajstić information content (AvgIpc) is 2.53. The summed E-state index contributed by atoms with van der Waals surface area (Å²) in [5.41, 5.74) is 3.56. The number of rotatable bonds is 3. The Kier molecular flexibility index (Phi) is 3.84. The molecule has 1 fully saturated rings. The van der Waals surface area contributed by atoms with Crippen LogP contribution in [-0.4, -0.2) is 27.0 Å². The highest BCUT2D eigenvalue weighted by Crippen LogP contribution is 2.19. The maximum Gasteiger partial charge on any atom is 0.0693 e. The summed E-state index contributed by atoms with van der Waals surface area (Å²) in [6.07, 6.45) is 4.22. The Morgan fingerprint density at radius 2 is 2.06 bits per heavy atom. The van der Waals surface area contributed by atoms with Crippen molar-refractivity contribution in [2.75, 3.05) is 0 Å². The summed E-state index contributed by atoms with van der Waals surface area (Å²) >= 11 is 0. The number of hydrogen-bond acceptors (Lipinski definition) is 3. The zero-order valence-electron chi connectivity index (χ0n) is 11.0. The summed E-state index contributed by atoms with van der Waals surface area (Å²) in [7, 11) is 1.97. The lowest BCUT2D eigenvalue weighted by Gasteiger charge is -2.28. The Hall–Kier alpha value is -0.870. The Balaban J connectivity index is 1.97. The first kappa shape index (κ1) is 12.6. The summed E-state index contributed by atoms with van der Waals surface area (Å²) in [6.45, 7) is 4.95. The Morgan fingerprint density at radius 1 is 1.35 bits per heavy atom. The van der Waals surface area contributed by atoms with Crippen LogP contribution in [0.25, 0.3) is 0 Å².